The van der Waals surface area contributed by atoms with Gasteiger partial charge in [-0.25, -0.2) is 0 Å². The first-order valence-electron chi connectivity index (χ1n) is 10.6. The van der Waals surface area contributed by atoms with Gasteiger partial charge in [-0.1, -0.05) is 24.3 Å². The molecule has 1 aromatic heterocycles. The van der Waals surface area contributed by atoms with E-state index in [0.29, 0.717) is 48.4 Å². The molecule has 168 valence electrons. The number of nitrogens with one attached hydrogen (secondary N) is 2. The summed E-state index contributed by atoms with van der Waals surface area (Å²) in [5.41, 5.74) is 3.71. The molecular weight excluding hydrogens is 426 g/mol. The summed E-state index contributed by atoms with van der Waals surface area (Å²) >= 11 is 5.65. The fourth-order valence-corrected chi connectivity index (χ4v) is 3.99. The summed E-state index contributed by atoms with van der Waals surface area (Å²) in [7, 11) is 1.65. The van der Waals surface area contributed by atoms with Crippen LogP contribution >= 0.6 is 12.2 Å². The Balaban J connectivity index is 1.57. The molecule has 4 rings (SSSR count). The van der Waals surface area contributed by atoms with Gasteiger partial charge < -0.3 is 29.4 Å². The minimum absolute atomic E-state index is 0.142. The molecule has 0 aliphatic carbocycles. The van der Waals surface area contributed by atoms with E-state index >= 15 is 0 Å². The van der Waals surface area contributed by atoms with Crippen molar-refractivity contribution in [3.8, 4) is 11.5 Å². The number of aromatic nitrogens is 1. The van der Waals surface area contributed by atoms with Crippen LogP contribution in [-0.4, -0.2) is 48.6 Å². The Bertz CT molecular complexity index is 1180. The van der Waals surface area contributed by atoms with Crippen molar-refractivity contribution in [3.63, 3.8) is 0 Å². The molecule has 1 aliphatic heterocycles. The minimum Gasteiger partial charge on any atom is -0.454 e. The first kappa shape index (κ1) is 22.1. The smallest absolute Gasteiger partial charge is 0.253 e. The van der Waals surface area contributed by atoms with Crippen LogP contribution in [0.25, 0.3) is 10.9 Å². The van der Waals surface area contributed by atoms with Gasteiger partial charge in [0, 0.05) is 37.2 Å². The van der Waals surface area contributed by atoms with Crippen LogP contribution in [0, 0.1) is 6.92 Å². The van der Waals surface area contributed by atoms with Crippen molar-refractivity contribution in [1.82, 2.24) is 15.2 Å². The van der Waals surface area contributed by atoms with Gasteiger partial charge >= 0.3 is 0 Å². The molecule has 2 aromatic carbocycles. The third-order valence-electron chi connectivity index (χ3n) is 5.56. The second kappa shape index (κ2) is 10.0. The molecule has 0 amide bonds. The number of thiocarbonyl (C=S) groups is 1. The summed E-state index contributed by atoms with van der Waals surface area (Å²) in [6.45, 7) is 4.53. The van der Waals surface area contributed by atoms with Gasteiger partial charge in [-0.05, 0) is 48.8 Å². The highest BCUT2D eigenvalue weighted by atomic mass is 32.1. The lowest BCUT2D eigenvalue weighted by Crippen LogP contribution is -2.42. The molecule has 0 radical (unpaired) electrons. The molecule has 2 N–H and O–H groups in total. The average molecular weight is 454 g/mol. The lowest BCUT2D eigenvalue weighted by Gasteiger charge is -2.26. The molecule has 0 saturated heterocycles. The van der Waals surface area contributed by atoms with Crippen LogP contribution in [0.1, 0.15) is 16.7 Å². The van der Waals surface area contributed by atoms with E-state index in [2.05, 4.69) is 29.4 Å². The summed E-state index contributed by atoms with van der Waals surface area (Å²) in [6.07, 6.45) is 0.822. The van der Waals surface area contributed by atoms with E-state index in [1.807, 2.05) is 29.2 Å². The zero-order valence-electron chi connectivity index (χ0n) is 18.3. The molecule has 0 spiro atoms. The van der Waals surface area contributed by atoms with Crippen LogP contribution in [0.4, 0.5) is 0 Å². The Labute approximate surface area is 192 Å². The van der Waals surface area contributed by atoms with Crippen LogP contribution < -0.4 is 20.3 Å². The molecule has 0 fully saturated rings. The Kier molecular flexibility index (Phi) is 6.92. The number of fused-ring (bicyclic) bond motifs is 2. The maximum absolute atomic E-state index is 12.8. The van der Waals surface area contributed by atoms with Crippen LogP contribution in [0.3, 0.4) is 0 Å². The zero-order chi connectivity index (χ0) is 22.5. The van der Waals surface area contributed by atoms with Gasteiger partial charge in [-0.2, -0.15) is 0 Å². The molecule has 2 heterocycles. The van der Waals surface area contributed by atoms with Crippen molar-refractivity contribution in [2.24, 2.45) is 0 Å². The van der Waals surface area contributed by atoms with Gasteiger partial charge in [0.1, 0.15) is 0 Å². The lowest BCUT2D eigenvalue weighted by atomic mass is 10.1. The number of hydrogen-bond donors (Lipinski definition) is 2. The SMILES string of the molecule is COCCNC(=S)N(CCc1ccccc1C)Cc1cc2cc3c(cc2[nH]c1=O)OCO3. The third kappa shape index (κ3) is 5.03. The van der Waals surface area contributed by atoms with Crippen molar-refractivity contribution >= 4 is 28.2 Å². The number of ether oxygens (including phenoxy) is 3. The normalized spacial score (nSPS) is 12.2. The maximum Gasteiger partial charge on any atom is 0.253 e. The van der Waals surface area contributed by atoms with Gasteiger partial charge in [0.2, 0.25) is 6.79 Å². The first-order chi connectivity index (χ1) is 15.5. The molecule has 8 heteroatoms. The number of rotatable bonds is 8. The van der Waals surface area contributed by atoms with Crippen LogP contribution in [0.15, 0.2) is 47.3 Å². The van der Waals surface area contributed by atoms with Crippen LogP contribution in [0.5, 0.6) is 11.5 Å². The summed E-state index contributed by atoms with van der Waals surface area (Å²) in [5, 5.41) is 4.72. The van der Waals surface area contributed by atoms with E-state index in [9.17, 15) is 4.79 Å². The van der Waals surface area contributed by atoms with Gasteiger partial charge in [-0.15, -0.1) is 0 Å². The first-order valence-corrected chi connectivity index (χ1v) is 11.0. The number of benzene rings is 2. The second-order valence-electron chi connectivity index (χ2n) is 7.74. The molecule has 7 nitrogen and oxygen atoms in total. The minimum atomic E-state index is -0.142. The number of methoxy groups -OCH3 is 1. The number of H-pyrrole nitrogens is 1. The Morgan fingerprint density at radius 1 is 1.19 bits per heavy atom. The Morgan fingerprint density at radius 2 is 1.97 bits per heavy atom. The van der Waals surface area contributed by atoms with E-state index in [-0.39, 0.29) is 12.4 Å². The third-order valence-corrected chi connectivity index (χ3v) is 5.96. The summed E-state index contributed by atoms with van der Waals surface area (Å²) in [5.74, 6) is 1.33. The predicted octanol–water partition coefficient (Wildman–Crippen LogP) is 3.13. The standard InChI is InChI=1S/C24H27N3O4S/c1-16-5-3-4-6-17(16)7-9-27(24(32)25-8-10-29-2)14-19-11-18-12-21-22(31-15-30-21)13-20(18)26-23(19)28/h3-6,11-13H,7-10,14-15H2,1-2H3,(H,25,32)(H,26,28). The number of aromatic amines is 1. The highest BCUT2D eigenvalue weighted by Gasteiger charge is 2.17. The fourth-order valence-electron chi connectivity index (χ4n) is 3.73. The number of hydrogen-bond acceptors (Lipinski definition) is 5. The van der Waals surface area contributed by atoms with Crippen LogP contribution in [-0.2, 0) is 17.7 Å². The fraction of sp³-hybridized carbons (Fsp3) is 0.333. The topological polar surface area (TPSA) is 75.8 Å². The van der Waals surface area contributed by atoms with E-state index in [1.165, 1.54) is 11.1 Å². The van der Waals surface area contributed by atoms with E-state index in [0.717, 1.165) is 17.3 Å². The van der Waals surface area contributed by atoms with E-state index in [4.69, 9.17) is 26.4 Å². The molecular formula is C24H27N3O4S. The monoisotopic (exact) mass is 453 g/mol. The largest absolute Gasteiger partial charge is 0.454 e. The van der Waals surface area contributed by atoms with Crippen molar-refractivity contribution in [1.29, 1.82) is 0 Å². The van der Waals surface area contributed by atoms with Crippen molar-refractivity contribution < 1.29 is 14.2 Å². The molecule has 0 atom stereocenters. The molecule has 3 aromatic rings. The molecule has 0 saturated carbocycles. The highest BCUT2D eigenvalue weighted by molar-refractivity contribution is 7.80. The maximum atomic E-state index is 12.8. The molecule has 0 unspecified atom stereocenters. The number of aryl methyl sites for hydroxylation is 1. The van der Waals surface area contributed by atoms with Gasteiger partial charge in [0.05, 0.1) is 18.7 Å². The molecule has 0 bridgehead atoms. The van der Waals surface area contributed by atoms with E-state index in [1.54, 1.807) is 13.2 Å². The molecule has 1 aliphatic rings. The lowest BCUT2D eigenvalue weighted by molar-refractivity contribution is 0.174. The van der Waals surface area contributed by atoms with Crippen molar-refractivity contribution in [2.45, 2.75) is 19.9 Å². The second-order valence-corrected chi connectivity index (χ2v) is 8.13. The zero-order valence-corrected chi connectivity index (χ0v) is 19.1. The van der Waals surface area contributed by atoms with Gasteiger partial charge in [0.25, 0.3) is 5.56 Å². The van der Waals surface area contributed by atoms with Gasteiger partial charge in [-0.3, -0.25) is 4.79 Å². The quantitative estimate of drug-likeness (QED) is 0.401. The summed E-state index contributed by atoms with van der Waals surface area (Å²) < 4.78 is 16.0. The Hall–Kier alpha value is -3.10. The highest BCUT2D eigenvalue weighted by Crippen LogP contribution is 2.35. The van der Waals surface area contributed by atoms with Crippen molar-refractivity contribution in [3.05, 3.63) is 69.5 Å². The summed E-state index contributed by atoms with van der Waals surface area (Å²) in [4.78, 5) is 17.8. The average Bonchev–Trinajstić information content (AvgIpc) is 3.23. The summed E-state index contributed by atoms with van der Waals surface area (Å²) in [6, 6.07) is 13.9. The number of nitrogens with zero attached hydrogens (tertiary/aromatic N) is 1. The predicted molar refractivity (Wildman–Crippen MR) is 128 cm³/mol. The van der Waals surface area contributed by atoms with E-state index < -0.39 is 0 Å². The number of pyridine rings is 1. The van der Waals surface area contributed by atoms with Crippen molar-refractivity contribution in [2.75, 3.05) is 33.6 Å². The Morgan fingerprint density at radius 3 is 2.75 bits per heavy atom. The van der Waals surface area contributed by atoms with Gasteiger partial charge in [0.15, 0.2) is 16.6 Å². The molecule has 32 heavy (non-hydrogen) atoms. The van der Waals surface area contributed by atoms with Crippen LogP contribution in [0.2, 0.25) is 0 Å².